The molecule has 0 N–H and O–H groups in total. The van der Waals surface area contributed by atoms with Gasteiger partial charge in [0.1, 0.15) is 5.82 Å². The molecule has 1 atom stereocenters. The third-order valence-corrected chi connectivity index (χ3v) is 7.39. The second kappa shape index (κ2) is 8.94. The third-order valence-electron chi connectivity index (χ3n) is 5.50. The number of hydrogen-bond donors (Lipinski definition) is 0. The van der Waals surface area contributed by atoms with Gasteiger partial charge >= 0.3 is 0 Å². The molecule has 1 aliphatic carbocycles. The van der Waals surface area contributed by atoms with Gasteiger partial charge in [0.2, 0.25) is 10.0 Å². The maximum atomic E-state index is 13.6. The molecular formula is C25H24FNO2S. The van der Waals surface area contributed by atoms with E-state index in [0.717, 1.165) is 30.4 Å². The number of hydrogen-bond acceptors (Lipinski definition) is 2. The van der Waals surface area contributed by atoms with Crippen LogP contribution in [0.25, 0.3) is 6.08 Å². The van der Waals surface area contributed by atoms with Gasteiger partial charge in [-0.25, -0.2) is 12.8 Å². The van der Waals surface area contributed by atoms with Crippen molar-refractivity contribution < 1.29 is 12.8 Å². The normalized spacial score (nSPS) is 16.7. The molecule has 0 aromatic heterocycles. The van der Waals surface area contributed by atoms with E-state index in [1.54, 1.807) is 4.31 Å². The van der Waals surface area contributed by atoms with Crippen LogP contribution in [0.3, 0.4) is 0 Å². The molecule has 5 heteroatoms. The van der Waals surface area contributed by atoms with Gasteiger partial charge in [0.05, 0.1) is 10.9 Å². The number of sulfonamides is 1. The molecule has 0 bridgehead atoms. The number of nitrogens with zero attached hydrogens (tertiary/aromatic N) is 1. The topological polar surface area (TPSA) is 37.4 Å². The molecule has 0 aliphatic heterocycles. The molecule has 3 aromatic carbocycles. The molecule has 0 heterocycles. The van der Waals surface area contributed by atoms with Crippen molar-refractivity contribution in [2.75, 3.05) is 6.54 Å². The molecule has 0 saturated heterocycles. The molecule has 0 radical (unpaired) electrons. The van der Waals surface area contributed by atoms with Crippen LogP contribution in [0.1, 0.15) is 35.6 Å². The summed E-state index contributed by atoms with van der Waals surface area (Å²) in [5.74, 6) is -0.451. The minimum atomic E-state index is -3.80. The van der Waals surface area contributed by atoms with Crippen LogP contribution in [-0.4, -0.2) is 19.3 Å². The van der Waals surface area contributed by atoms with Gasteiger partial charge < -0.3 is 0 Å². The lowest BCUT2D eigenvalue weighted by Gasteiger charge is -2.34. The van der Waals surface area contributed by atoms with E-state index in [2.05, 4.69) is 6.07 Å². The van der Waals surface area contributed by atoms with Crippen molar-refractivity contribution in [3.8, 4) is 0 Å². The average Bonchev–Trinajstić information content (AvgIpc) is 2.77. The first-order valence-electron chi connectivity index (χ1n) is 10.1. The minimum absolute atomic E-state index is 0.111. The van der Waals surface area contributed by atoms with E-state index in [1.165, 1.54) is 29.8 Å². The zero-order chi connectivity index (χ0) is 21.0. The molecule has 0 amide bonds. The molecule has 0 fully saturated rings. The Morgan fingerprint density at radius 1 is 0.933 bits per heavy atom. The fourth-order valence-electron chi connectivity index (χ4n) is 4.02. The molecule has 30 heavy (non-hydrogen) atoms. The van der Waals surface area contributed by atoms with Crippen molar-refractivity contribution in [2.24, 2.45) is 0 Å². The maximum Gasteiger partial charge on any atom is 0.243 e. The van der Waals surface area contributed by atoms with E-state index in [0.29, 0.717) is 0 Å². The van der Waals surface area contributed by atoms with Crippen molar-refractivity contribution in [2.45, 2.75) is 30.2 Å². The lowest BCUT2D eigenvalue weighted by molar-refractivity contribution is 0.315. The highest BCUT2D eigenvalue weighted by Gasteiger charge is 2.34. The highest BCUT2D eigenvalue weighted by Crippen LogP contribution is 2.37. The quantitative estimate of drug-likeness (QED) is 0.519. The van der Waals surface area contributed by atoms with Crippen LogP contribution in [0.2, 0.25) is 0 Å². The predicted octanol–water partition coefficient (Wildman–Crippen LogP) is 5.61. The summed E-state index contributed by atoms with van der Waals surface area (Å²) in [6.45, 7) is 0.244. The van der Waals surface area contributed by atoms with Crippen LogP contribution in [0.4, 0.5) is 4.39 Å². The van der Waals surface area contributed by atoms with Gasteiger partial charge in [-0.3, -0.25) is 0 Å². The van der Waals surface area contributed by atoms with Gasteiger partial charge in [0, 0.05) is 6.54 Å². The van der Waals surface area contributed by atoms with E-state index in [9.17, 15) is 12.8 Å². The molecule has 1 aliphatic rings. The SMILES string of the molecule is O=S(=O)(c1ccc(F)cc1)N(C/C=C/c1ccccc1)C1CCCc2ccccc21. The smallest absolute Gasteiger partial charge is 0.207 e. The molecule has 0 saturated carbocycles. The lowest BCUT2D eigenvalue weighted by atomic mass is 9.88. The summed E-state index contributed by atoms with van der Waals surface area (Å²) in [6, 6.07) is 22.7. The Morgan fingerprint density at radius 3 is 2.40 bits per heavy atom. The number of rotatable bonds is 6. The van der Waals surface area contributed by atoms with Gasteiger partial charge in [-0.15, -0.1) is 0 Å². The first kappa shape index (κ1) is 20.5. The minimum Gasteiger partial charge on any atom is -0.207 e. The van der Waals surface area contributed by atoms with E-state index in [4.69, 9.17) is 0 Å². The lowest BCUT2D eigenvalue weighted by Crippen LogP contribution is -2.36. The summed E-state index contributed by atoms with van der Waals surface area (Å²) in [5.41, 5.74) is 3.27. The predicted molar refractivity (Wildman–Crippen MR) is 118 cm³/mol. The molecule has 3 aromatic rings. The van der Waals surface area contributed by atoms with Crippen LogP contribution in [0.5, 0.6) is 0 Å². The van der Waals surface area contributed by atoms with Crippen LogP contribution < -0.4 is 0 Å². The van der Waals surface area contributed by atoms with Crippen molar-refractivity contribution in [3.63, 3.8) is 0 Å². The van der Waals surface area contributed by atoms with Crippen LogP contribution in [0.15, 0.2) is 89.8 Å². The van der Waals surface area contributed by atoms with Crippen LogP contribution in [-0.2, 0) is 16.4 Å². The molecule has 4 rings (SSSR count). The van der Waals surface area contributed by atoms with E-state index in [1.807, 2.05) is 60.7 Å². The Morgan fingerprint density at radius 2 is 1.63 bits per heavy atom. The Balaban J connectivity index is 1.72. The van der Waals surface area contributed by atoms with Crippen LogP contribution >= 0.6 is 0 Å². The Labute approximate surface area is 177 Å². The van der Waals surface area contributed by atoms with Gasteiger partial charge in [0.25, 0.3) is 0 Å². The molecule has 1 unspecified atom stereocenters. The molecule has 3 nitrogen and oxygen atoms in total. The standard InChI is InChI=1S/C25H24FNO2S/c26-22-15-17-23(18-16-22)30(28,29)27(19-7-10-20-8-2-1-3-9-20)25-14-6-12-21-11-4-5-13-24(21)25/h1-5,7-11,13,15-18,25H,6,12,14,19H2/b10-7+. The summed E-state index contributed by atoms with van der Waals surface area (Å²) in [4.78, 5) is 0.111. The highest BCUT2D eigenvalue weighted by atomic mass is 32.2. The summed E-state index contributed by atoms with van der Waals surface area (Å²) in [5, 5.41) is 0. The molecular weight excluding hydrogens is 397 g/mol. The Hall–Kier alpha value is -2.76. The first-order chi connectivity index (χ1) is 14.6. The number of halogens is 1. The Kier molecular flexibility index (Phi) is 6.11. The molecule has 0 spiro atoms. The van der Waals surface area contributed by atoms with Gasteiger partial charge in [-0.05, 0) is 60.2 Å². The zero-order valence-electron chi connectivity index (χ0n) is 16.6. The Bertz CT molecular complexity index is 1130. The second-order valence-corrected chi connectivity index (χ2v) is 9.34. The number of fused-ring (bicyclic) bond motifs is 1. The third kappa shape index (κ3) is 4.37. The monoisotopic (exact) mass is 421 g/mol. The van der Waals surface area contributed by atoms with E-state index < -0.39 is 15.8 Å². The van der Waals surface area contributed by atoms with E-state index >= 15 is 0 Å². The number of aryl methyl sites for hydroxylation is 1. The maximum absolute atomic E-state index is 13.6. The fraction of sp³-hybridized carbons (Fsp3) is 0.200. The van der Waals surface area contributed by atoms with E-state index in [-0.39, 0.29) is 17.5 Å². The van der Waals surface area contributed by atoms with Crippen molar-refractivity contribution in [3.05, 3.63) is 107 Å². The highest BCUT2D eigenvalue weighted by molar-refractivity contribution is 7.89. The second-order valence-electron chi connectivity index (χ2n) is 7.45. The van der Waals surface area contributed by atoms with Gasteiger partial charge in [-0.2, -0.15) is 4.31 Å². The fourth-order valence-corrected chi connectivity index (χ4v) is 5.61. The van der Waals surface area contributed by atoms with Crippen molar-refractivity contribution in [1.82, 2.24) is 4.31 Å². The summed E-state index contributed by atoms with van der Waals surface area (Å²) in [7, 11) is -3.80. The number of benzene rings is 3. The zero-order valence-corrected chi connectivity index (χ0v) is 17.4. The van der Waals surface area contributed by atoms with Crippen molar-refractivity contribution in [1.29, 1.82) is 0 Å². The first-order valence-corrected chi connectivity index (χ1v) is 11.6. The molecule has 154 valence electrons. The van der Waals surface area contributed by atoms with Crippen molar-refractivity contribution >= 4 is 16.1 Å². The largest absolute Gasteiger partial charge is 0.243 e. The average molecular weight is 422 g/mol. The summed E-state index contributed by atoms with van der Waals surface area (Å²) >= 11 is 0. The summed E-state index contributed by atoms with van der Waals surface area (Å²) in [6.07, 6.45) is 6.46. The van der Waals surface area contributed by atoms with Crippen LogP contribution in [0, 0.1) is 5.82 Å². The summed E-state index contributed by atoms with van der Waals surface area (Å²) < 4.78 is 42.1. The van der Waals surface area contributed by atoms with Gasteiger partial charge in [0.15, 0.2) is 0 Å². The van der Waals surface area contributed by atoms with Gasteiger partial charge in [-0.1, -0.05) is 66.7 Å².